The normalized spacial score (nSPS) is 15.5. The lowest BCUT2D eigenvalue weighted by atomic mass is 9.87. The third-order valence-corrected chi connectivity index (χ3v) is 6.18. The summed E-state index contributed by atoms with van der Waals surface area (Å²) in [6, 6.07) is 0. The quantitative estimate of drug-likeness (QED) is 0.0631. The van der Waals surface area contributed by atoms with Crippen LogP contribution in [0.25, 0.3) is 0 Å². The number of Topliss-reactive ketones (excluding diaryl/α,β-unsaturated/α-hetero) is 1. The molecule has 0 aromatic carbocycles. The number of ether oxygens (including phenoxy) is 6. The number of rotatable bonds is 26. The molecule has 0 spiro atoms. The Balaban J connectivity index is 6.25. The minimum absolute atomic E-state index is 0.0675. The highest BCUT2D eigenvalue weighted by Gasteiger charge is 2.51. The van der Waals surface area contributed by atoms with E-state index in [0.29, 0.717) is 26.4 Å². The second-order valence-corrected chi connectivity index (χ2v) is 9.35. The number of hydrogen-bond donors (Lipinski definition) is 0. The third kappa shape index (κ3) is 13.9. The van der Waals surface area contributed by atoms with Crippen molar-refractivity contribution in [3.05, 3.63) is 12.7 Å². The topological polar surface area (TPSA) is 89.5 Å². The summed E-state index contributed by atoms with van der Waals surface area (Å²) in [6.07, 6.45) is 7.17. The van der Waals surface area contributed by atoms with Gasteiger partial charge in [0.05, 0.1) is 26.4 Å². The minimum atomic E-state index is -1.64. The fraction of sp³-hybridized carbons (Fsp3) is 0.862. The molecule has 0 amide bonds. The zero-order valence-electron chi connectivity index (χ0n) is 24.4. The molecule has 0 aliphatic carbocycles. The lowest BCUT2D eigenvalue weighted by Gasteiger charge is -2.40. The first-order valence-corrected chi connectivity index (χ1v) is 14.2. The zero-order chi connectivity index (χ0) is 27.9. The zero-order valence-corrected chi connectivity index (χ0v) is 24.4. The van der Waals surface area contributed by atoms with Crippen molar-refractivity contribution >= 4 is 11.8 Å². The van der Waals surface area contributed by atoms with Gasteiger partial charge >= 0.3 is 5.97 Å². The van der Waals surface area contributed by atoms with E-state index in [2.05, 4.69) is 34.3 Å². The fourth-order valence-electron chi connectivity index (χ4n) is 3.68. The van der Waals surface area contributed by atoms with Crippen LogP contribution in [0.3, 0.4) is 0 Å². The molecule has 8 nitrogen and oxygen atoms in total. The van der Waals surface area contributed by atoms with Crippen LogP contribution in [0.4, 0.5) is 0 Å². The van der Waals surface area contributed by atoms with Gasteiger partial charge in [-0.05, 0) is 32.6 Å². The van der Waals surface area contributed by atoms with Crippen molar-refractivity contribution in [2.24, 2.45) is 0 Å². The first-order valence-electron chi connectivity index (χ1n) is 14.2. The second kappa shape index (κ2) is 22.6. The summed E-state index contributed by atoms with van der Waals surface area (Å²) in [7, 11) is 1.19. The molecular formula is C29H54O8. The van der Waals surface area contributed by atoms with Gasteiger partial charge in [-0.3, -0.25) is 4.79 Å². The lowest BCUT2D eigenvalue weighted by molar-refractivity contribution is -0.216. The van der Waals surface area contributed by atoms with Crippen molar-refractivity contribution in [3.63, 3.8) is 0 Å². The molecule has 0 bridgehead atoms. The van der Waals surface area contributed by atoms with E-state index in [-0.39, 0.29) is 19.6 Å². The standard InChI is InChI=1S/C29H54O8/c1-8-13-18-33-22-25(36-21-16-11-4)26(23-34-19-14-9-2)37-29(17-12-5,27(30)28(31)32-7)24(6)35-20-15-10-3/h12,24-26H,5,8-11,13-23H2,1-4,6-7H3/t24?,25-,26?,29+/m0/s1. The van der Waals surface area contributed by atoms with Crippen LogP contribution in [-0.2, 0) is 38.0 Å². The summed E-state index contributed by atoms with van der Waals surface area (Å²) < 4.78 is 35.6. The van der Waals surface area contributed by atoms with E-state index < -0.39 is 35.7 Å². The van der Waals surface area contributed by atoms with E-state index in [1.165, 1.54) is 7.11 Å². The number of methoxy groups -OCH3 is 1. The molecule has 0 rings (SSSR count). The van der Waals surface area contributed by atoms with E-state index in [1.54, 1.807) is 13.0 Å². The van der Waals surface area contributed by atoms with Crippen LogP contribution >= 0.6 is 0 Å². The molecule has 37 heavy (non-hydrogen) atoms. The number of carbonyl (C=O) groups excluding carboxylic acids is 2. The molecule has 8 heteroatoms. The van der Waals surface area contributed by atoms with Crippen molar-refractivity contribution < 1.29 is 38.0 Å². The van der Waals surface area contributed by atoms with Crippen molar-refractivity contribution in [1.29, 1.82) is 0 Å². The molecule has 4 atom stereocenters. The SMILES string of the molecule is C=CC[C@](OC(COCCCC)[C@H](COCCCC)OCCCC)(C(=O)C(=O)OC)C(C)OCCCC. The van der Waals surface area contributed by atoms with Gasteiger partial charge < -0.3 is 28.4 Å². The number of unbranched alkanes of at least 4 members (excludes halogenated alkanes) is 4. The van der Waals surface area contributed by atoms with Gasteiger partial charge in [-0.15, -0.1) is 6.58 Å². The Morgan fingerprint density at radius 2 is 1.27 bits per heavy atom. The van der Waals surface area contributed by atoms with Crippen LogP contribution in [0.5, 0.6) is 0 Å². The number of esters is 1. The molecule has 0 aromatic heterocycles. The predicted octanol–water partition coefficient (Wildman–Crippen LogP) is 5.45. The molecule has 0 saturated carbocycles. The van der Waals surface area contributed by atoms with Gasteiger partial charge in [0, 0.05) is 32.8 Å². The summed E-state index contributed by atoms with van der Waals surface area (Å²) in [5, 5.41) is 0. The van der Waals surface area contributed by atoms with Gasteiger partial charge in [0.25, 0.3) is 5.78 Å². The van der Waals surface area contributed by atoms with E-state index >= 15 is 0 Å². The molecule has 0 saturated heterocycles. The lowest BCUT2D eigenvalue weighted by Crippen LogP contribution is -2.58. The van der Waals surface area contributed by atoms with Crippen molar-refractivity contribution in [2.75, 3.05) is 46.8 Å². The Morgan fingerprint density at radius 3 is 1.76 bits per heavy atom. The van der Waals surface area contributed by atoms with Crippen LogP contribution in [0.2, 0.25) is 0 Å². The second-order valence-electron chi connectivity index (χ2n) is 9.35. The molecule has 0 fully saturated rings. The molecule has 0 heterocycles. The van der Waals surface area contributed by atoms with Crippen LogP contribution in [0.15, 0.2) is 12.7 Å². The summed E-state index contributed by atoms with van der Waals surface area (Å²) in [5.41, 5.74) is -1.64. The Bertz CT molecular complexity index is 596. The predicted molar refractivity (Wildman–Crippen MR) is 146 cm³/mol. The molecule has 0 aromatic rings. The third-order valence-electron chi connectivity index (χ3n) is 6.18. The van der Waals surface area contributed by atoms with Crippen molar-refractivity contribution in [1.82, 2.24) is 0 Å². The maximum absolute atomic E-state index is 13.5. The number of hydrogen-bond acceptors (Lipinski definition) is 8. The number of carbonyl (C=O) groups is 2. The van der Waals surface area contributed by atoms with Gasteiger partial charge in [-0.25, -0.2) is 4.79 Å². The van der Waals surface area contributed by atoms with Crippen molar-refractivity contribution in [2.45, 2.75) is 116 Å². The molecule has 2 unspecified atom stereocenters. The molecule has 0 N–H and O–H groups in total. The Labute approximate surface area is 225 Å². The highest BCUT2D eigenvalue weighted by molar-refractivity contribution is 6.37. The molecule has 218 valence electrons. The highest BCUT2D eigenvalue weighted by atomic mass is 16.6. The average molecular weight is 531 g/mol. The van der Waals surface area contributed by atoms with E-state index in [4.69, 9.17) is 28.4 Å². The van der Waals surface area contributed by atoms with Gasteiger partial charge in [-0.2, -0.15) is 0 Å². The average Bonchev–Trinajstić information content (AvgIpc) is 2.90. The monoisotopic (exact) mass is 530 g/mol. The summed E-state index contributed by atoms with van der Waals surface area (Å²) in [5.74, 6) is -1.79. The molecule has 0 aliphatic rings. The van der Waals surface area contributed by atoms with Gasteiger partial charge in [0.1, 0.15) is 12.2 Å². The van der Waals surface area contributed by atoms with Gasteiger partial charge in [0.15, 0.2) is 5.60 Å². The maximum Gasteiger partial charge on any atom is 0.377 e. The fourth-order valence-corrected chi connectivity index (χ4v) is 3.68. The summed E-state index contributed by atoms with van der Waals surface area (Å²) in [6.45, 7) is 16.5. The van der Waals surface area contributed by atoms with Crippen LogP contribution < -0.4 is 0 Å². The van der Waals surface area contributed by atoms with E-state index in [1.807, 2.05) is 0 Å². The van der Waals surface area contributed by atoms with Gasteiger partial charge in [0.2, 0.25) is 0 Å². The molecule has 0 radical (unpaired) electrons. The largest absolute Gasteiger partial charge is 0.463 e. The molecular weight excluding hydrogens is 476 g/mol. The van der Waals surface area contributed by atoms with E-state index in [9.17, 15) is 9.59 Å². The molecule has 0 aliphatic heterocycles. The van der Waals surface area contributed by atoms with Gasteiger partial charge in [-0.1, -0.05) is 59.5 Å². The van der Waals surface area contributed by atoms with Crippen molar-refractivity contribution in [3.8, 4) is 0 Å². The number of ketones is 1. The van der Waals surface area contributed by atoms with E-state index in [0.717, 1.165) is 51.4 Å². The first-order chi connectivity index (χ1) is 17.9. The van der Waals surface area contributed by atoms with Crippen LogP contribution in [0, 0.1) is 0 Å². The Kier molecular flexibility index (Phi) is 21.8. The maximum atomic E-state index is 13.5. The van der Waals surface area contributed by atoms with Crippen LogP contribution in [0.1, 0.15) is 92.4 Å². The minimum Gasteiger partial charge on any atom is -0.463 e. The summed E-state index contributed by atoms with van der Waals surface area (Å²) >= 11 is 0. The smallest absolute Gasteiger partial charge is 0.377 e. The summed E-state index contributed by atoms with van der Waals surface area (Å²) in [4.78, 5) is 26.1. The van der Waals surface area contributed by atoms with Crippen LogP contribution in [-0.4, -0.2) is 82.4 Å². The first kappa shape index (κ1) is 35.7. The Morgan fingerprint density at radius 1 is 0.784 bits per heavy atom. The highest BCUT2D eigenvalue weighted by Crippen LogP contribution is 2.30. The Hall–Kier alpha value is -1.32.